The van der Waals surface area contributed by atoms with Crippen molar-refractivity contribution < 1.29 is 9.32 Å². The molecule has 1 aliphatic heterocycles. The van der Waals surface area contributed by atoms with Crippen LogP contribution in [0.1, 0.15) is 33.6 Å². The molecule has 0 spiro atoms. The number of amides is 1. The fourth-order valence-corrected chi connectivity index (χ4v) is 4.00. The van der Waals surface area contributed by atoms with Crippen molar-refractivity contribution >= 4 is 5.91 Å². The van der Waals surface area contributed by atoms with E-state index in [2.05, 4.69) is 27.4 Å². The van der Waals surface area contributed by atoms with E-state index in [0.29, 0.717) is 24.5 Å². The van der Waals surface area contributed by atoms with Crippen molar-refractivity contribution in [3.8, 4) is 5.69 Å². The molecular weight excluding hydrogens is 366 g/mol. The molecular formula is C22H19N5O2. The fraction of sp³-hybridized carbons (Fsp3) is 0.182. The molecule has 0 aliphatic carbocycles. The van der Waals surface area contributed by atoms with Gasteiger partial charge in [-0.2, -0.15) is 10.1 Å². The predicted molar refractivity (Wildman–Crippen MR) is 106 cm³/mol. The van der Waals surface area contributed by atoms with Gasteiger partial charge in [-0.25, -0.2) is 4.68 Å². The van der Waals surface area contributed by atoms with Crippen LogP contribution in [0.2, 0.25) is 0 Å². The molecule has 4 aromatic rings. The second-order valence-corrected chi connectivity index (χ2v) is 7.12. The molecule has 7 nitrogen and oxygen atoms in total. The highest BCUT2D eigenvalue weighted by molar-refractivity contribution is 5.95. The van der Waals surface area contributed by atoms with Crippen LogP contribution in [0.25, 0.3) is 5.69 Å². The molecule has 29 heavy (non-hydrogen) atoms. The first-order valence-electron chi connectivity index (χ1n) is 9.50. The molecule has 0 unspecified atom stereocenters. The number of nitrogens with zero attached hydrogens (tertiary/aromatic N) is 5. The summed E-state index contributed by atoms with van der Waals surface area (Å²) in [5.41, 5.74) is 2.66. The normalized spacial score (nSPS) is 18.8. The van der Waals surface area contributed by atoms with E-state index >= 15 is 0 Å². The van der Waals surface area contributed by atoms with Gasteiger partial charge in [0.05, 0.1) is 5.69 Å². The van der Waals surface area contributed by atoms with Crippen molar-refractivity contribution in [2.75, 3.05) is 13.1 Å². The molecule has 0 N–H and O–H groups in total. The molecule has 1 amide bonds. The number of aromatic nitrogens is 4. The Kier molecular flexibility index (Phi) is 4.40. The van der Waals surface area contributed by atoms with Crippen molar-refractivity contribution in [1.82, 2.24) is 24.8 Å². The summed E-state index contributed by atoms with van der Waals surface area (Å²) in [5, 5.41) is 8.30. The Morgan fingerprint density at radius 2 is 1.86 bits per heavy atom. The number of benzene rings is 2. The maximum Gasteiger partial charge on any atom is 0.253 e. The van der Waals surface area contributed by atoms with Gasteiger partial charge >= 0.3 is 0 Å². The quantitative estimate of drug-likeness (QED) is 0.539. The summed E-state index contributed by atoms with van der Waals surface area (Å²) < 4.78 is 6.72. The highest BCUT2D eigenvalue weighted by Crippen LogP contribution is 2.38. The van der Waals surface area contributed by atoms with Crippen LogP contribution in [0.4, 0.5) is 0 Å². The molecule has 2 atom stereocenters. The topological polar surface area (TPSA) is 77.0 Å². The number of hydrogen-bond donors (Lipinski definition) is 0. The van der Waals surface area contributed by atoms with E-state index in [1.165, 1.54) is 12.0 Å². The monoisotopic (exact) mass is 385 g/mol. The Labute approximate surface area is 167 Å². The number of hydrogen-bond acceptors (Lipinski definition) is 5. The third-order valence-corrected chi connectivity index (χ3v) is 5.41. The Bertz CT molecular complexity index is 1090. The van der Waals surface area contributed by atoms with Crippen LogP contribution in [0, 0.1) is 0 Å². The van der Waals surface area contributed by atoms with Gasteiger partial charge in [0.25, 0.3) is 5.91 Å². The minimum atomic E-state index is -0.00840. The van der Waals surface area contributed by atoms with E-state index in [9.17, 15) is 4.79 Å². The van der Waals surface area contributed by atoms with E-state index in [-0.39, 0.29) is 17.7 Å². The Balaban J connectivity index is 1.44. The molecule has 1 fully saturated rings. The number of carbonyl (C=O) groups excluding carboxylic acids is 1. The lowest BCUT2D eigenvalue weighted by Gasteiger charge is -2.17. The maximum absolute atomic E-state index is 13.3. The van der Waals surface area contributed by atoms with Gasteiger partial charge in [0.15, 0.2) is 5.82 Å². The molecule has 0 bridgehead atoms. The summed E-state index contributed by atoms with van der Waals surface area (Å²) in [4.78, 5) is 19.4. The first kappa shape index (κ1) is 17.4. The van der Waals surface area contributed by atoms with E-state index in [0.717, 1.165) is 5.69 Å². The lowest BCUT2D eigenvalue weighted by atomic mass is 9.88. The largest absolute Gasteiger partial charge is 0.343 e. The van der Waals surface area contributed by atoms with Crippen molar-refractivity contribution in [2.24, 2.45) is 0 Å². The zero-order valence-electron chi connectivity index (χ0n) is 15.6. The van der Waals surface area contributed by atoms with Crippen LogP contribution in [0.3, 0.4) is 0 Å². The maximum atomic E-state index is 13.3. The summed E-state index contributed by atoms with van der Waals surface area (Å²) in [6.45, 7) is 1.15. The zero-order chi connectivity index (χ0) is 19.6. The standard InChI is InChI=1S/C22H19N5O2/c28-22(17-8-4-9-18(12-17)27-11-5-10-24-27)26-13-19(16-6-2-1-3-7-16)20(14-26)21-23-15-29-25-21/h1-12,15,19-20H,13-14H2/t19-,20+/m0/s1. The van der Waals surface area contributed by atoms with Gasteiger partial charge < -0.3 is 9.42 Å². The Morgan fingerprint density at radius 1 is 1.00 bits per heavy atom. The second-order valence-electron chi connectivity index (χ2n) is 7.12. The summed E-state index contributed by atoms with van der Waals surface area (Å²) >= 11 is 0. The van der Waals surface area contributed by atoms with Crippen molar-refractivity contribution in [1.29, 1.82) is 0 Å². The van der Waals surface area contributed by atoms with Crippen LogP contribution in [-0.2, 0) is 0 Å². The minimum Gasteiger partial charge on any atom is -0.343 e. The van der Waals surface area contributed by atoms with Crippen LogP contribution in [0.15, 0.2) is 84.0 Å². The molecule has 2 aromatic heterocycles. The van der Waals surface area contributed by atoms with E-state index in [1.54, 1.807) is 10.9 Å². The Morgan fingerprint density at radius 3 is 2.62 bits per heavy atom. The number of carbonyl (C=O) groups is 1. The van der Waals surface area contributed by atoms with Crippen LogP contribution >= 0.6 is 0 Å². The number of likely N-dealkylation sites (tertiary alicyclic amines) is 1. The number of rotatable bonds is 4. The average Bonchev–Trinajstić information content (AvgIpc) is 3.55. The van der Waals surface area contributed by atoms with Gasteiger partial charge in [0.2, 0.25) is 6.39 Å². The van der Waals surface area contributed by atoms with Crippen LogP contribution in [-0.4, -0.2) is 43.8 Å². The second kappa shape index (κ2) is 7.35. The smallest absolute Gasteiger partial charge is 0.253 e. The lowest BCUT2D eigenvalue weighted by Crippen LogP contribution is -2.29. The van der Waals surface area contributed by atoms with Gasteiger partial charge in [-0.05, 0) is 29.8 Å². The van der Waals surface area contributed by atoms with Crippen LogP contribution in [0.5, 0.6) is 0 Å². The molecule has 144 valence electrons. The average molecular weight is 385 g/mol. The first-order chi connectivity index (χ1) is 14.3. The minimum absolute atomic E-state index is 0.00519. The molecule has 0 radical (unpaired) electrons. The molecule has 0 saturated carbocycles. The summed E-state index contributed by atoms with van der Waals surface area (Å²) in [7, 11) is 0. The molecule has 5 rings (SSSR count). The summed E-state index contributed by atoms with van der Waals surface area (Å²) in [5.74, 6) is 0.742. The van der Waals surface area contributed by atoms with Gasteiger partial charge in [-0.1, -0.05) is 41.6 Å². The molecule has 2 aromatic carbocycles. The third kappa shape index (κ3) is 3.31. The van der Waals surface area contributed by atoms with E-state index < -0.39 is 0 Å². The fourth-order valence-electron chi connectivity index (χ4n) is 4.00. The summed E-state index contributed by atoms with van der Waals surface area (Å²) in [6.07, 6.45) is 4.92. The van der Waals surface area contributed by atoms with Crippen molar-refractivity contribution in [3.63, 3.8) is 0 Å². The summed E-state index contributed by atoms with van der Waals surface area (Å²) in [6, 6.07) is 19.6. The van der Waals surface area contributed by atoms with Gasteiger partial charge in [-0.3, -0.25) is 4.79 Å². The van der Waals surface area contributed by atoms with Gasteiger partial charge in [-0.15, -0.1) is 0 Å². The molecule has 1 saturated heterocycles. The van der Waals surface area contributed by atoms with Gasteiger partial charge in [0.1, 0.15) is 0 Å². The molecule has 1 aliphatic rings. The van der Waals surface area contributed by atoms with Crippen molar-refractivity contribution in [2.45, 2.75) is 11.8 Å². The predicted octanol–water partition coefficient (Wildman–Crippen LogP) is 3.28. The third-order valence-electron chi connectivity index (χ3n) is 5.41. The van der Waals surface area contributed by atoms with E-state index in [4.69, 9.17) is 4.52 Å². The SMILES string of the molecule is O=C(c1cccc(-n2cccn2)c1)N1C[C@@H](c2ccccc2)[C@H](c2ncon2)C1. The Hall–Kier alpha value is -3.74. The van der Waals surface area contributed by atoms with Gasteiger partial charge in [0, 0.05) is 42.9 Å². The lowest BCUT2D eigenvalue weighted by molar-refractivity contribution is 0.0788. The highest BCUT2D eigenvalue weighted by atomic mass is 16.5. The van der Waals surface area contributed by atoms with Crippen molar-refractivity contribution in [3.05, 3.63) is 96.4 Å². The first-order valence-corrected chi connectivity index (χ1v) is 9.50. The highest BCUT2D eigenvalue weighted by Gasteiger charge is 2.39. The van der Waals surface area contributed by atoms with E-state index in [1.807, 2.05) is 59.6 Å². The molecule has 3 heterocycles. The van der Waals surface area contributed by atoms with Crippen LogP contribution < -0.4 is 0 Å². The zero-order valence-corrected chi connectivity index (χ0v) is 15.6. The molecule has 7 heteroatoms.